The van der Waals surface area contributed by atoms with Crippen LogP contribution in [0, 0.1) is 11.7 Å². The summed E-state index contributed by atoms with van der Waals surface area (Å²) in [6, 6.07) is 14.2. The Kier molecular flexibility index (Phi) is 7.36. The van der Waals surface area contributed by atoms with Crippen molar-refractivity contribution in [1.29, 1.82) is 0 Å². The van der Waals surface area contributed by atoms with Crippen LogP contribution in [-0.4, -0.2) is 29.8 Å². The number of nitrogens with zero attached hydrogens (tertiary/aromatic N) is 1. The number of likely N-dealkylation sites (tertiary alicyclic amines) is 1. The first kappa shape index (κ1) is 21.0. The summed E-state index contributed by atoms with van der Waals surface area (Å²) in [5, 5.41) is 5.44. The molecule has 2 amide bonds. The fourth-order valence-corrected chi connectivity index (χ4v) is 3.80. The van der Waals surface area contributed by atoms with Crippen molar-refractivity contribution < 1.29 is 14.0 Å². The van der Waals surface area contributed by atoms with Crippen LogP contribution in [0.15, 0.2) is 48.5 Å². The first-order chi connectivity index (χ1) is 14.0. The number of rotatable bonds is 7. The molecule has 2 N–H and O–H groups in total. The summed E-state index contributed by atoms with van der Waals surface area (Å²) in [6.45, 7) is 4.36. The molecule has 29 heavy (non-hydrogen) atoms. The summed E-state index contributed by atoms with van der Waals surface area (Å²) in [5.74, 6) is -0.153. The van der Waals surface area contributed by atoms with E-state index in [1.54, 1.807) is 18.2 Å². The van der Waals surface area contributed by atoms with Crippen molar-refractivity contribution in [1.82, 2.24) is 4.90 Å². The molecule has 0 aromatic heterocycles. The van der Waals surface area contributed by atoms with Gasteiger partial charge in [0.1, 0.15) is 5.82 Å². The van der Waals surface area contributed by atoms with Gasteiger partial charge in [-0.3, -0.25) is 14.5 Å². The van der Waals surface area contributed by atoms with Gasteiger partial charge in [0, 0.05) is 32.1 Å². The van der Waals surface area contributed by atoms with E-state index < -0.39 is 5.82 Å². The summed E-state index contributed by atoms with van der Waals surface area (Å²) < 4.78 is 13.6. The molecule has 0 saturated carbocycles. The molecule has 154 valence electrons. The van der Waals surface area contributed by atoms with Crippen LogP contribution < -0.4 is 10.6 Å². The number of hydrogen-bond donors (Lipinski definition) is 2. The molecule has 1 saturated heterocycles. The number of benzene rings is 2. The SMILES string of the molecule is CC(=O)Nc1ccc(CN2CCCC(CCC(=O)Nc3ccccc3F)C2)cc1. The van der Waals surface area contributed by atoms with Crippen molar-refractivity contribution in [3.05, 3.63) is 59.9 Å². The Hall–Kier alpha value is -2.73. The number of carbonyl (C=O) groups is 2. The van der Waals surface area contributed by atoms with Gasteiger partial charge in [0.2, 0.25) is 11.8 Å². The number of nitrogens with one attached hydrogen (secondary N) is 2. The minimum atomic E-state index is -0.408. The highest BCUT2D eigenvalue weighted by Crippen LogP contribution is 2.23. The van der Waals surface area contributed by atoms with Crippen LogP contribution >= 0.6 is 0 Å². The molecule has 1 heterocycles. The third kappa shape index (κ3) is 6.68. The molecule has 1 atom stereocenters. The zero-order valence-corrected chi connectivity index (χ0v) is 16.8. The second kappa shape index (κ2) is 10.2. The fraction of sp³-hybridized carbons (Fsp3) is 0.391. The van der Waals surface area contributed by atoms with Crippen LogP contribution in [0.4, 0.5) is 15.8 Å². The van der Waals surface area contributed by atoms with E-state index in [4.69, 9.17) is 0 Å². The topological polar surface area (TPSA) is 61.4 Å². The van der Waals surface area contributed by atoms with Crippen molar-refractivity contribution in [2.75, 3.05) is 23.7 Å². The third-order valence-electron chi connectivity index (χ3n) is 5.21. The summed E-state index contributed by atoms with van der Waals surface area (Å²) in [5.41, 5.74) is 2.25. The summed E-state index contributed by atoms with van der Waals surface area (Å²) in [7, 11) is 0. The highest BCUT2D eigenvalue weighted by molar-refractivity contribution is 5.90. The maximum atomic E-state index is 13.6. The van der Waals surface area contributed by atoms with Gasteiger partial charge >= 0.3 is 0 Å². The van der Waals surface area contributed by atoms with Gasteiger partial charge in [0.15, 0.2) is 0 Å². The van der Waals surface area contributed by atoms with Gasteiger partial charge in [-0.25, -0.2) is 4.39 Å². The number of amides is 2. The number of piperidine rings is 1. The highest BCUT2D eigenvalue weighted by Gasteiger charge is 2.21. The summed E-state index contributed by atoms with van der Waals surface area (Å²) in [6.07, 6.45) is 3.44. The van der Waals surface area contributed by atoms with E-state index in [9.17, 15) is 14.0 Å². The Morgan fingerprint density at radius 1 is 1.10 bits per heavy atom. The number of hydrogen-bond acceptors (Lipinski definition) is 3. The lowest BCUT2D eigenvalue weighted by atomic mass is 9.93. The van der Waals surface area contributed by atoms with Crippen LogP contribution in [0.3, 0.4) is 0 Å². The molecular formula is C23H28FN3O2. The minimum Gasteiger partial charge on any atom is -0.326 e. The quantitative estimate of drug-likeness (QED) is 0.727. The van der Waals surface area contributed by atoms with Crippen LogP contribution in [-0.2, 0) is 16.1 Å². The zero-order chi connectivity index (χ0) is 20.6. The van der Waals surface area contributed by atoms with E-state index in [1.807, 2.05) is 24.3 Å². The largest absolute Gasteiger partial charge is 0.326 e. The van der Waals surface area contributed by atoms with E-state index >= 15 is 0 Å². The maximum Gasteiger partial charge on any atom is 0.224 e. The predicted octanol–water partition coefficient (Wildman–Crippen LogP) is 4.42. The lowest BCUT2D eigenvalue weighted by molar-refractivity contribution is -0.116. The monoisotopic (exact) mass is 397 g/mol. The Bertz CT molecular complexity index is 838. The van der Waals surface area contributed by atoms with Crippen molar-refractivity contribution in [3.63, 3.8) is 0 Å². The van der Waals surface area contributed by atoms with Crippen molar-refractivity contribution in [2.24, 2.45) is 5.92 Å². The van der Waals surface area contributed by atoms with Gasteiger partial charge in [0.25, 0.3) is 0 Å². The molecule has 5 nitrogen and oxygen atoms in total. The van der Waals surface area contributed by atoms with Crippen LogP contribution in [0.25, 0.3) is 0 Å². The Morgan fingerprint density at radius 2 is 1.86 bits per heavy atom. The van der Waals surface area contributed by atoms with Crippen molar-refractivity contribution >= 4 is 23.2 Å². The highest BCUT2D eigenvalue weighted by atomic mass is 19.1. The van der Waals surface area contributed by atoms with Gasteiger partial charge in [-0.15, -0.1) is 0 Å². The summed E-state index contributed by atoms with van der Waals surface area (Å²) >= 11 is 0. The maximum absolute atomic E-state index is 13.6. The molecule has 2 aromatic rings. The second-order valence-electron chi connectivity index (χ2n) is 7.69. The van der Waals surface area contributed by atoms with E-state index in [1.165, 1.54) is 18.6 Å². The van der Waals surface area contributed by atoms with Gasteiger partial charge in [-0.1, -0.05) is 24.3 Å². The molecule has 0 radical (unpaired) electrons. The molecular weight excluding hydrogens is 369 g/mol. The van der Waals surface area contributed by atoms with E-state index in [0.29, 0.717) is 12.3 Å². The van der Waals surface area contributed by atoms with Crippen LogP contribution in [0.2, 0.25) is 0 Å². The lowest BCUT2D eigenvalue weighted by Crippen LogP contribution is -2.35. The fourth-order valence-electron chi connectivity index (χ4n) is 3.80. The molecule has 1 unspecified atom stereocenters. The number of anilines is 2. The molecule has 1 fully saturated rings. The average molecular weight is 397 g/mol. The molecule has 1 aliphatic heterocycles. The normalized spacial score (nSPS) is 17.0. The molecule has 6 heteroatoms. The molecule has 2 aromatic carbocycles. The molecule has 0 bridgehead atoms. The van der Waals surface area contributed by atoms with E-state index in [2.05, 4.69) is 15.5 Å². The molecule has 1 aliphatic rings. The predicted molar refractivity (Wildman–Crippen MR) is 113 cm³/mol. The first-order valence-electron chi connectivity index (χ1n) is 10.1. The summed E-state index contributed by atoms with van der Waals surface area (Å²) in [4.78, 5) is 25.7. The lowest BCUT2D eigenvalue weighted by Gasteiger charge is -2.32. The van der Waals surface area contributed by atoms with Crippen molar-refractivity contribution in [3.8, 4) is 0 Å². The van der Waals surface area contributed by atoms with Crippen LogP contribution in [0.1, 0.15) is 38.2 Å². The zero-order valence-electron chi connectivity index (χ0n) is 16.8. The Labute approximate surface area is 171 Å². The van der Waals surface area contributed by atoms with Gasteiger partial charge in [0.05, 0.1) is 5.69 Å². The Morgan fingerprint density at radius 3 is 2.59 bits per heavy atom. The number of carbonyl (C=O) groups excluding carboxylic acids is 2. The van der Waals surface area contributed by atoms with Gasteiger partial charge in [-0.2, -0.15) is 0 Å². The molecule has 0 spiro atoms. The van der Waals surface area contributed by atoms with E-state index in [-0.39, 0.29) is 17.5 Å². The Balaban J connectivity index is 1.45. The minimum absolute atomic E-state index is 0.0735. The van der Waals surface area contributed by atoms with Gasteiger partial charge in [-0.05, 0) is 61.6 Å². The molecule has 0 aliphatic carbocycles. The second-order valence-corrected chi connectivity index (χ2v) is 7.69. The van der Waals surface area contributed by atoms with Crippen molar-refractivity contribution in [2.45, 2.75) is 39.2 Å². The van der Waals surface area contributed by atoms with Gasteiger partial charge < -0.3 is 10.6 Å². The average Bonchev–Trinajstić information content (AvgIpc) is 2.70. The van der Waals surface area contributed by atoms with Crippen LogP contribution in [0.5, 0.6) is 0 Å². The van der Waals surface area contributed by atoms with E-state index in [0.717, 1.165) is 44.6 Å². The number of halogens is 1. The standard InChI is InChI=1S/C23H28FN3O2/c1-17(28)25-20-11-8-19(9-12-20)16-27-14-4-5-18(15-27)10-13-23(29)26-22-7-3-2-6-21(22)24/h2-3,6-9,11-12,18H,4-5,10,13-16H2,1H3,(H,25,28)(H,26,29). The first-order valence-corrected chi connectivity index (χ1v) is 10.1. The third-order valence-corrected chi connectivity index (χ3v) is 5.21. The molecule has 3 rings (SSSR count). The smallest absolute Gasteiger partial charge is 0.224 e. The number of para-hydroxylation sites is 1.